The molecule has 1 fully saturated rings. The first-order valence-corrected chi connectivity index (χ1v) is 12.6. The smallest absolute Gasteiger partial charge is 0.444 e. The summed E-state index contributed by atoms with van der Waals surface area (Å²) in [6, 6.07) is 7.47. The van der Waals surface area contributed by atoms with Gasteiger partial charge >= 0.3 is 18.2 Å². The number of nitrogens with zero attached hydrogens (tertiary/aromatic N) is 8. The van der Waals surface area contributed by atoms with Crippen molar-refractivity contribution in [2.24, 2.45) is 0 Å². The topological polar surface area (TPSA) is 115 Å². The Balaban J connectivity index is 1.23. The number of aromatic nitrogens is 6. The summed E-state index contributed by atoms with van der Waals surface area (Å²) in [5.74, 6) is -1.90. The number of carbonyl (C=O) groups excluding carboxylic acids is 1. The summed E-state index contributed by atoms with van der Waals surface area (Å²) in [5, 5.41) is 14.6. The Morgan fingerprint density at radius 1 is 1.00 bits per heavy atom. The lowest BCUT2D eigenvalue weighted by atomic mass is 10.1. The van der Waals surface area contributed by atoms with Crippen LogP contribution in [-0.2, 0) is 17.5 Å². The van der Waals surface area contributed by atoms with Crippen LogP contribution >= 0.6 is 0 Å². The Morgan fingerprint density at radius 3 is 2.41 bits per heavy atom. The molecule has 1 aliphatic rings. The maximum atomic E-state index is 14.8. The van der Waals surface area contributed by atoms with Crippen LogP contribution < -0.4 is 4.90 Å². The van der Waals surface area contributed by atoms with E-state index in [2.05, 4.69) is 34.8 Å². The van der Waals surface area contributed by atoms with Crippen molar-refractivity contribution in [3.8, 4) is 22.7 Å². The SMILES string of the molecule is CC(C)(C)OC(=O)N1CCN(c2cc(-c3cn(Cc4ccc(-c5nnc(C(F)(F)F)o5)cc4F)nn3)ccn2)CC1. The van der Waals surface area contributed by atoms with Gasteiger partial charge in [0.25, 0.3) is 0 Å². The average molecular weight is 575 g/mol. The lowest BCUT2D eigenvalue weighted by molar-refractivity contribution is -0.156. The van der Waals surface area contributed by atoms with Crippen molar-refractivity contribution in [2.45, 2.75) is 39.1 Å². The number of amides is 1. The Kier molecular flexibility index (Phi) is 7.36. The molecule has 4 heterocycles. The Bertz CT molecular complexity index is 1540. The fraction of sp³-hybridized carbons (Fsp3) is 0.385. The summed E-state index contributed by atoms with van der Waals surface area (Å²) in [5.41, 5.74) is 0.992. The highest BCUT2D eigenvalue weighted by atomic mass is 19.4. The molecule has 0 unspecified atom stereocenters. The molecule has 5 rings (SSSR count). The molecule has 1 aromatic carbocycles. The molecule has 41 heavy (non-hydrogen) atoms. The third kappa shape index (κ3) is 6.61. The van der Waals surface area contributed by atoms with Gasteiger partial charge in [-0.2, -0.15) is 13.2 Å². The van der Waals surface area contributed by atoms with E-state index in [-0.39, 0.29) is 23.8 Å². The van der Waals surface area contributed by atoms with Crippen LogP contribution in [0.1, 0.15) is 32.2 Å². The Hall–Kier alpha value is -4.56. The first kappa shape index (κ1) is 28.0. The highest BCUT2D eigenvalue weighted by Gasteiger charge is 2.38. The number of benzene rings is 1. The molecule has 0 aliphatic carbocycles. The van der Waals surface area contributed by atoms with Crippen molar-refractivity contribution in [3.05, 3.63) is 60.0 Å². The average Bonchev–Trinajstić information content (AvgIpc) is 3.60. The van der Waals surface area contributed by atoms with Crippen LogP contribution in [0.25, 0.3) is 22.7 Å². The van der Waals surface area contributed by atoms with Gasteiger partial charge in [-0.3, -0.25) is 0 Å². The summed E-state index contributed by atoms with van der Waals surface area (Å²) >= 11 is 0. The second-order valence-electron chi connectivity index (χ2n) is 10.4. The zero-order chi connectivity index (χ0) is 29.4. The number of piperazine rings is 1. The summed E-state index contributed by atoms with van der Waals surface area (Å²) < 4.78 is 64.5. The maximum Gasteiger partial charge on any atom is 0.470 e. The molecule has 1 aliphatic heterocycles. The van der Waals surface area contributed by atoms with E-state index in [0.29, 0.717) is 31.9 Å². The molecule has 216 valence electrons. The summed E-state index contributed by atoms with van der Waals surface area (Å²) in [7, 11) is 0. The van der Waals surface area contributed by atoms with E-state index in [4.69, 9.17) is 4.74 Å². The molecule has 1 amide bonds. The number of hydrogen-bond acceptors (Lipinski definition) is 9. The van der Waals surface area contributed by atoms with Gasteiger partial charge < -0.3 is 19.0 Å². The first-order chi connectivity index (χ1) is 19.4. The maximum absolute atomic E-state index is 14.8. The van der Waals surface area contributed by atoms with Gasteiger partial charge in [0.05, 0.1) is 12.7 Å². The molecule has 0 bridgehead atoms. The number of pyridine rings is 1. The highest BCUT2D eigenvalue weighted by molar-refractivity contribution is 5.69. The first-order valence-electron chi connectivity index (χ1n) is 12.6. The molecule has 1 saturated heterocycles. The van der Waals surface area contributed by atoms with Crippen LogP contribution in [0.2, 0.25) is 0 Å². The molecule has 0 atom stereocenters. The van der Waals surface area contributed by atoms with Gasteiger partial charge in [-0.25, -0.2) is 18.9 Å². The second kappa shape index (κ2) is 10.8. The summed E-state index contributed by atoms with van der Waals surface area (Å²) in [4.78, 5) is 20.5. The van der Waals surface area contributed by atoms with Gasteiger partial charge in [-0.1, -0.05) is 11.3 Å². The van der Waals surface area contributed by atoms with Gasteiger partial charge in [0.2, 0.25) is 5.89 Å². The van der Waals surface area contributed by atoms with E-state index in [1.165, 1.54) is 16.8 Å². The number of anilines is 1. The normalized spacial score (nSPS) is 14.4. The third-order valence-corrected chi connectivity index (χ3v) is 6.14. The number of halogens is 4. The van der Waals surface area contributed by atoms with E-state index >= 15 is 0 Å². The largest absolute Gasteiger partial charge is 0.470 e. The van der Waals surface area contributed by atoms with E-state index in [1.54, 1.807) is 23.4 Å². The molecule has 15 heteroatoms. The highest BCUT2D eigenvalue weighted by Crippen LogP contribution is 2.31. The van der Waals surface area contributed by atoms with Crippen molar-refractivity contribution >= 4 is 11.9 Å². The van der Waals surface area contributed by atoms with Crippen LogP contribution in [0.4, 0.5) is 28.2 Å². The standard InChI is InChI=1S/C26H26F4N8O3/c1-25(2,3)41-24(39)37-10-8-36(9-11-37)21-13-16(6-7-31-21)20-15-38(35-32-20)14-18-5-4-17(12-19(18)27)22-33-34-23(40-22)26(28,29)30/h4-7,12-13,15H,8-11,14H2,1-3H3. The fourth-order valence-corrected chi connectivity index (χ4v) is 4.14. The van der Waals surface area contributed by atoms with Crippen molar-refractivity contribution in [3.63, 3.8) is 0 Å². The van der Waals surface area contributed by atoms with Crippen molar-refractivity contribution in [1.82, 2.24) is 35.1 Å². The van der Waals surface area contributed by atoms with E-state index < -0.39 is 29.4 Å². The minimum atomic E-state index is -4.79. The zero-order valence-electron chi connectivity index (χ0n) is 22.4. The molecular weight excluding hydrogens is 548 g/mol. The molecule has 4 aromatic rings. The third-order valence-electron chi connectivity index (χ3n) is 6.14. The van der Waals surface area contributed by atoms with Crippen molar-refractivity contribution in [2.75, 3.05) is 31.1 Å². The zero-order valence-corrected chi connectivity index (χ0v) is 22.4. The van der Waals surface area contributed by atoms with Crippen LogP contribution in [-0.4, -0.2) is 72.9 Å². The number of hydrogen-bond donors (Lipinski definition) is 0. The quantitative estimate of drug-likeness (QED) is 0.314. The Morgan fingerprint density at radius 2 is 1.76 bits per heavy atom. The molecule has 0 saturated carbocycles. The molecule has 11 nitrogen and oxygen atoms in total. The van der Waals surface area contributed by atoms with Crippen LogP contribution in [0, 0.1) is 5.82 Å². The fourth-order valence-electron chi connectivity index (χ4n) is 4.14. The lowest BCUT2D eigenvalue weighted by Crippen LogP contribution is -2.50. The van der Waals surface area contributed by atoms with Gasteiger partial charge in [-0.15, -0.1) is 15.3 Å². The molecular formula is C26H26F4N8O3. The number of rotatable bonds is 5. The van der Waals surface area contributed by atoms with E-state index in [0.717, 1.165) is 17.4 Å². The van der Waals surface area contributed by atoms with Gasteiger partial charge in [-0.05, 0) is 45.0 Å². The summed E-state index contributed by atoms with van der Waals surface area (Å²) in [6.45, 7) is 7.68. The Labute approximate surface area is 231 Å². The molecule has 0 N–H and O–H groups in total. The van der Waals surface area contributed by atoms with Crippen LogP contribution in [0.15, 0.2) is 47.1 Å². The van der Waals surface area contributed by atoms with Gasteiger partial charge in [0, 0.05) is 49.1 Å². The minimum Gasteiger partial charge on any atom is -0.444 e. The van der Waals surface area contributed by atoms with Crippen LogP contribution in [0.3, 0.4) is 0 Å². The van der Waals surface area contributed by atoms with Gasteiger partial charge in [0.1, 0.15) is 22.9 Å². The monoisotopic (exact) mass is 574 g/mol. The van der Waals surface area contributed by atoms with E-state index in [1.807, 2.05) is 26.8 Å². The number of ether oxygens (including phenoxy) is 1. The summed E-state index contributed by atoms with van der Waals surface area (Å²) in [6.07, 6.45) is -1.82. The van der Waals surface area contributed by atoms with Crippen molar-refractivity contribution < 1.29 is 31.5 Å². The number of carbonyl (C=O) groups is 1. The predicted molar refractivity (Wildman–Crippen MR) is 137 cm³/mol. The second-order valence-corrected chi connectivity index (χ2v) is 10.4. The van der Waals surface area contributed by atoms with Crippen LogP contribution in [0.5, 0.6) is 0 Å². The lowest BCUT2D eigenvalue weighted by Gasteiger charge is -2.36. The molecule has 0 spiro atoms. The minimum absolute atomic E-state index is 0.0183. The number of alkyl halides is 3. The molecule has 3 aromatic heterocycles. The predicted octanol–water partition coefficient (Wildman–Crippen LogP) is 4.65. The molecule has 0 radical (unpaired) electrons. The van der Waals surface area contributed by atoms with E-state index in [9.17, 15) is 22.4 Å². The van der Waals surface area contributed by atoms with Gasteiger partial charge in [0.15, 0.2) is 0 Å². The van der Waals surface area contributed by atoms with Crippen molar-refractivity contribution in [1.29, 1.82) is 0 Å².